The maximum absolute atomic E-state index is 12.4. The second-order valence-corrected chi connectivity index (χ2v) is 5.78. The molecule has 2 aromatic heterocycles. The molecule has 3 aromatic rings. The minimum atomic E-state index is -0.142. The Balaban J connectivity index is 1.58. The van der Waals surface area contributed by atoms with E-state index in [-0.39, 0.29) is 5.91 Å². The average Bonchev–Trinajstić information content (AvgIpc) is 3.28. The summed E-state index contributed by atoms with van der Waals surface area (Å²) in [6, 6.07) is 7.49. The quantitative estimate of drug-likeness (QED) is 0.647. The van der Waals surface area contributed by atoms with Crippen LogP contribution in [0.3, 0.4) is 0 Å². The second kappa shape index (κ2) is 7.65. The molecule has 0 spiro atoms. The molecule has 2 N–H and O–H groups in total. The van der Waals surface area contributed by atoms with Crippen LogP contribution in [-0.4, -0.2) is 39.5 Å². The molecule has 0 aliphatic heterocycles. The van der Waals surface area contributed by atoms with E-state index in [2.05, 4.69) is 20.6 Å². The van der Waals surface area contributed by atoms with E-state index in [1.54, 1.807) is 13.3 Å². The molecule has 0 unspecified atom stereocenters. The molecule has 0 fully saturated rings. The molecular formula is C18H21N5O2. The van der Waals surface area contributed by atoms with Gasteiger partial charge in [0, 0.05) is 24.8 Å². The zero-order chi connectivity index (χ0) is 17.6. The first-order valence-electron chi connectivity index (χ1n) is 8.12. The number of aryl methyl sites for hydroxylation is 2. The molecule has 0 bridgehead atoms. The lowest BCUT2D eigenvalue weighted by Crippen LogP contribution is -2.25. The Labute approximate surface area is 146 Å². The number of carbonyl (C=O) groups is 1. The van der Waals surface area contributed by atoms with Crippen molar-refractivity contribution < 1.29 is 9.53 Å². The zero-order valence-electron chi connectivity index (χ0n) is 14.3. The lowest BCUT2D eigenvalue weighted by molar-refractivity contribution is 0.0953. The van der Waals surface area contributed by atoms with Crippen LogP contribution in [0.25, 0.3) is 11.3 Å². The number of amides is 1. The standard InChI is InChI=1S/C18H21N5O2/c1-13-10-21-23(12-13)9-3-8-19-18(24)16-11-20-22-17(16)14-4-6-15(25-2)7-5-14/h4-7,10-12H,3,8-9H2,1-2H3,(H,19,24)(H,20,22). The summed E-state index contributed by atoms with van der Waals surface area (Å²) in [7, 11) is 1.62. The summed E-state index contributed by atoms with van der Waals surface area (Å²) in [6.07, 6.45) is 6.17. The van der Waals surface area contributed by atoms with E-state index in [1.165, 1.54) is 0 Å². The highest BCUT2D eigenvalue weighted by Gasteiger charge is 2.14. The van der Waals surface area contributed by atoms with Gasteiger partial charge in [0.05, 0.1) is 30.8 Å². The molecule has 0 aliphatic rings. The van der Waals surface area contributed by atoms with Crippen molar-refractivity contribution in [2.75, 3.05) is 13.7 Å². The van der Waals surface area contributed by atoms with Crippen LogP contribution in [-0.2, 0) is 6.54 Å². The normalized spacial score (nSPS) is 10.6. The van der Waals surface area contributed by atoms with Crippen LogP contribution in [0.1, 0.15) is 22.3 Å². The van der Waals surface area contributed by atoms with E-state index in [4.69, 9.17) is 4.74 Å². The Morgan fingerprint density at radius 3 is 2.76 bits per heavy atom. The minimum Gasteiger partial charge on any atom is -0.497 e. The van der Waals surface area contributed by atoms with Crippen LogP contribution in [0.5, 0.6) is 5.75 Å². The van der Waals surface area contributed by atoms with Gasteiger partial charge < -0.3 is 10.1 Å². The van der Waals surface area contributed by atoms with E-state index in [1.807, 2.05) is 48.3 Å². The molecule has 1 aromatic carbocycles. The summed E-state index contributed by atoms with van der Waals surface area (Å²) in [6.45, 7) is 3.35. The number of methoxy groups -OCH3 is 1. The van der Waals surface area contributed by atoms with E-state index >= 15 is 0 Å². The third kappa shape index (κ3) is 4.06. The molecular weight excluding hydrogens is 318 g/mol. The number of nitrogens with zero attached hydrogens (tertiary/aromatic N) is 3. The summed E-state index contributed by atoms with van der Waals surface area (Å²) in [4.78, 5) is 12.4. The van der Waals surface area contributed by atoms with Gasteiger partial charge in [-0.2, -0.15) is 10.2 Å². The first-order valence-corrected chi connectivity index (χ1v) is 8.12. The van der Waals surface area contributed by atoms with Crippen molar-refractivity contribution in [3.63, 3.8) is 0 Å². The van der Waals surface area contributed by atoms with Gasteiger partial charge in [0.25, 0.3) is 5.91 Å². The highest BCUT2D eigenvalue weighted by atomic mass is 16.5. The van der Waals surface area contributed by atoms with Crippen molar-refractivity contribution in [3.05, 3.63) is 54.0 Å². The first kappa shape index (κ1) is 16.8. The number of aromatic nitrogens is 4. The molecule has 0 aliphatic carbocycles. The third-order valence-corrected chi connectivity index (χ3v) is 3.87. The predicted molar refractivity (Wildman–Crippen MR) is 94.5 cm³/mol. The molecule has 3 rings (SSSR count). The SMILES string of the molecule is COc1ccc(-c2[nH]ncc2C(=O)NCCCn2cc(C)cn2)cc1. The van der Waals surface area contributed by atoms with Crippen molar-refractivity contribution in [1.82, 2.24) is 25.3 Å². The highest BCUT2D eigenvalue weighted by molar-refractivity contribution is 5.99. The number of aromatic amines is 1. The Hall–Kier alpha value is -3.09. The number of ether oxygens (including phenoxy) is 1. The van der Waals surface area contributed by atoms with E-state index in [0.29, 0.717) is 17.8 Å². The first-order chi connectivity index (χ1) is 12.2. The fourth-order valence-corrected chi connectivity index (χ4v) is 2.56. The maximum atomic E-state index is 12.4. The smallest absolute Gasteiger partial charge is 0.255 e. The molecule has 0 saturated carbocycles. The largest absolute Gasteiger partial charge is 0.497 e. The monoisotopic (exact) mass is 339 g/mol. The van der Waals surface area contributed by atoms with Gasteiger partial charge in [-0.25, -0.2) is 0 Å². The van der Waals surface area contributed by atoms with Crippen molar-refractivity contribution in [2.45, 2.75) is 19.9 Å². The van der Waals surface area contributed by atoms with Gasteiger partial charge in [0.2, 0.25) is 0 Å². The van der Waals surface area contributed by atoms with Gasteiger partial charge in [-0.15, -0.1) is 0 Å². The van der Waals surface area contributed by atoms with Crippen molar-refractivity contribution in [3.8, 4) is 17.0 Å². The molecule has 7 nitrogen and oxygen atoms in total. The van der Waals surface area contributed by atoms with Crippen LogP contribution in [0.15, 0.2) is 42.9 Å². The summed E-state index contributed by atoms with van der Waals surface area (Å²) >= 11 is 0. The van der Waals surface area contributed by atoms with Crippen LogP contribution in [0.2, 0.25) is 0 Å². The Kier molecular flexibility index (Phi) is 5.13. The van der Waals surface area contributed by atoms with Gasteiger partial charge >= 0.3 is 0 Å². The predicted octanol–water partition coefficient (Wildman–Crippen LogP) is 2.41. The van der Waals surface area contributed by atoms with Crippen molar-refractivity contribution in [1.29, 1.82) is 0 Å². The summed E-state index contributed by atoms with van der Waals surface area (Å²) in [5, 5.41) is 14.1. The van der Waals surface area contributed by atoms with Crippen LogP contribution >= 0.6 is 0 Å². The van der Waals surface area contributed by atoms with Crippen molar-refractivity contribution >= 4 is 5.91 Å². The van der Waals surface area contributed by atoms with E-state index in [9.17, 15) is 4.79 Å². The number of rotatable bonds is 7. The van der Waals surface area contributed by atoms with Crippen LogP contribution in [0, 0.1) is 6.92 Å². The summed E-state index contributed by atoms with van der Waals surface area (Å²) < 4.78 is 7.03. The Morgan fingerprint density at radius 2 is 2.08 bits per heavy atom. The number of H-pyrrole nitrogens is 1. The minimum absolute atomic E-state index is 0.142. The van der Waals surface area contributed by atoms with Gasteiger partial charge in [-0.05, 0) is 43.2 Å². The fraction of sp³-hybridized carbons (Fsp3) is 0.278. The van der Waals surface area contributed by atoms with Gasteiger partial charge in [0.1, 0.15) is 5.75 Å². The number of carbonyl (C=O) groups excluding carboxylic acids is 1. The van der Waals surface area contributed by atoms with E-state index in [0.717, 1.165) is 29.8 Å². The summed E-state index contributed by atoms with van der Waals surface area (Å²) in [5.74, 6) is 0.624. The van der Waals surface area contributed by atoms with Crippen molar-refractivity contribution in [2.24, 2.45) is 0 Å². The second-order valence-electron chi connectivity index (χ2n) is 5.78. The maximum Gasteiger partial charge on any atom is 0.255 e. The topological polar surface area (TPSA) is 84.8 Å². The molecule has 0 radical (unpaired) electrons. The molecule has 0 atom stereocenters. The average molecular weight is 339 g/mol. The molecule has 25 heavy (non-hydrogen) atoms. The zero-order valence-corrected chi connectivity index (χ0v) is 14.3. The number of benzene rings is 1. The fourth-order valence-electron chi connectivity index (χ4n) is 2.56. The summed E-state index contributed by atoms with van der Waals surface area (Å²) in [5.41, 5.74) is 3.24. The number of hydrogen-bond donors (Lipinski definition) is 2. The van der Waals surface area contributed by atoms with E-state index < -0.39 is 0 Å². The molecule has 130 valence electrons. The lowest BCUT2D eigenvalue weighted by Gasteiger charge is -2.07. The molecule has 1 amide bonds. The van der Waals surface area contributed by atoms with Gasteiger partial charge in [-0.3, -0.25) is 14.6 Å². The third-order valence-electron chi connectivity index (χ3n) is 3.87. The van der Waals surface area contributed by atoms with Gasteiger partial charge in [0.15, 0.2) is 0 Å². The molecule has 0 saturated heterocycles. The number of hydrogen-bond acceptors (Lipinski definition) is 4. The number of nitrogens with one attached hydrogen (secondary N) is 2. The van der Waals surface area contributed by atoms with Crippen LogP contribution in [0.4, 0.5) is 0 Å². The highest BCUT2D eigenvalue weighted by Crippen LogP contribution is 2.23. The lowest BCUT2D eigenvalue weighted by atomic mass is 10.1. The molecule has 2 heterocycles. The Morgan fingerprint density at radius 1 is 1.28 bits per heavy atom. The Bertz CT molecular complexity index is 835. The molecule has 7 heteroatoms. The van der Waals surface area contributed by atoms with Crippen LogP contribution < -0.4 is 10.1 Å². The van der Waals surface area contributed by atoms with Gasteiger partial charge in [-0.1, -0.05) is 0 Å².